The third-order valence-corrected chi connectivity index (χ3v) is 4.69. The Morgan fingerprint density at radius 1 is 1.24 bits per heavy atom. The number of anilines is 1. The van der Waals surface area contributed by atoms with Crippen LogP contribution < -0.4 is 4.90 Å². The monoisotopic (exact) mass is 321 g/mol. The van der Waals surface area contributed by atoms with Crippen LogP contribution in [0.3, 0.4) is 0 Å². The molecule has 1 aromatic carbocycles. The standard InChI is InChI=1S/C15H12ClNO3S/c16-13-6-5-12(21-13)14(18)17-7-1-2-9-8-10(15(19)20)3-4-11(9)17/h3-6,8H,1-2,7H2,(H,19,20). The minimum Gasteiger partial charge on any atom is -0.478 e. The molecule has 1 N–H and O–H groups in total. The van der Waals surface area contributed by atoms with Crippen molar-refractivity contribution in [2.75, 3.05) is 11.4 Å². The fourth-order valence-corrected chi connectivity index (χ4v) is 3.50. The van der Waals surface area contributed by atoms with Gasteiger partial charge in [0, 0.05) is 12.2 Å². The van der Waals surface area contributed by atoms with Gasteiger partial charge >= 0.3 is 5.97 Å². The van der Waals surface area contributed by atoms with Crippen LogP contribution in [0, 0.1) is 0 Å². The molecule has 0 bridgehead atoms. The molecule has 0 spiro atoms. The Hall–Kier alpha value is -1.85. The first kappa shape index (κ1) is 14.1. The van der Waals surface area contributed by atoms with Gasteiger partial charge in [0.25, 0.3) is 5.91 Å². The molecule has 1 aromatic heterocycles. The van der Waals surface area contributed by atoms with Gasteiger partial charge < -0.3 is 10.0 Å². The lowest BCUT2D eigenvalue weighted by Gasteiger charge is -2.29. The van der Waals surface area contributed by atoms with E-state index in [9.17, 15) is 9.59 Å². The summed E-state index contributed by atoms with van der Waals surface area (Å²) in [5.74, 6) is -1.04. The zero-order valence-electron chi connectivity index (χ0n) is 11.0. The molecule has 0 radical (unpaired) electrons. The number of benzene rings is 1. The Balaban J connectivity index is 1.97. The van der Waals surface area contributed by atoms with Gasteiger partial charge in [-0.1, -0.05) is 11.6 Å². The van der Waals surface area contributed by atoms with E-state index in [2.05, 4.69) is 0 Å². The first-order valence-electron chi connectivity index (χ1n) is 6.49. The Kier molecular flexibility index (Phi) is 3.69. The van der Waals surface area contributed by atoms with Crippen molar-refractivity contribution in [2.24, 2.45) is 0 Å². The summed E-state index contributed by atoms with van der Waals surface area (Å²) >= 11 is 7.13. The number of rotatable bonds is 2. The van der Waals surface area contributed by atoms with Crippen LogP contribution in [0.2, 0.25) is 4.34 Å². The summed E-state index contributed by atoms with van der Waals surface area (Å²) in [6.45, 7) is 0.633. The van der Waals surface area contributed by atoms with Crippen LogP contribution >= 0.6 is 22.9 Å². The molecule has 6 heteroatoms. The normalized spacial score (nSPS) is 13.9. The highest BCUT2D eigenvalue weighted by atomic mass is 35.5. The average Bonchev–Trinajstić information content (AvgIpc) is 2.91. The molecule has 1 aliphatic rings. The molecule has 0 unspecified atom stereocenters. The topological polar surface area (TPSA) is 57.6 Å². The molecular weight excluding hydrogens is 310 g/mol. The van der Waals surface area contributed by atoms with Gasteiger partial charge in [0.15, 0.2) is 0 Å². The molecule has 0 fully saturated rings. The molecule has 4 nitrogen and oxygen atoms in total. The smallest absolute Gasteiger partial charge is 0.335 e. The maximum atomic E-state index is 12.6. The van der Waals surface area contributed by atoms with Gasteiger partial charge in [-0.05, 0) is 48.7 Å². The van der Waals surface area contributed by atoms with Gasteiger partial charge in [0.2, 0.25) is 0 Å². The number of aryl methyl sites for hydroxylation is 1. The summed E-state index contributed by atoms with van der Waals surface area (Å²) in [6, 6.07) is 8.32. The average molecular weight is 322 g/mol. The predicted molar refractivity (Wildman–Crippen MR) is 82.7 cm³/mol. The molecule has 1 amide bonds. The van der Waals surface area contributed by atoms with Gasteiger partial charge in [-0.25, -0.2) is 4.79 Å². The molecule has 0 saturated carbocycles. The van der Waals surface area contributed by atoms with Gasteiger partial charge in [-0.3, -0.25) is 4.79 Å². The number of amides is 1. The summed E-state index contributed by atoms with van der Waals surface area (Å²) in [5, 5.41) is 9.05. The maximum absolute atomic E-state index is 12.6. The largest absolute Gasteiger partial charge is 0.478 e. The maximum Gasteiger partial charge on any atom is 0.335 e. The number of aromatic carboxylic acids is 1. The number of hydrogen-bond donors (Lipinski definition) is 1. The number of halogens is 1. The summed E-state index contributed by atoms with van der Waals surface area (Å²) in [7, 11) is 0. The van der Waals surface area contributed by atoms with Crippen LogP contribution in [0.25, 0.3) is 0 Å². The number of carboxylic acids is 1. The van der Waals surface area contributed by atoms with Gasteiger partial charge in [-0.15, -0.1) is 11.3 Å². The van der Waals surface area contributed by atoms with E-state index in [4.69, 9.17) is 16.7 Å². The predicted octanol–water partition coefficient (Wildman–Crippen LogP) is 3.69. The lowest BCUT2D eigenvalue weighted by molar-refractivity contribution is 0.0696. The molecule has 0 saturated heterocycles. The molecule has 21 heavy (non-hydrogen) atoms. The SMILES string of the molecule is O=C(O)c1ccc2c(c1)CCCN2C(=O)c1ccc(Cl)s1. The fraction of sp³-hybridized carbons (Fsp3) is 0.200. The van der Waals surface area contributed by atoms with Crippen molar-refractivity contribution < 1.29 is 14.7 Å². The number of thiophene rings is 1. The summed E-state index contributed by atoms with van der Waals surface area (Å²) in [5.41, 5.74) is 1.94. The third kappa shape index (κ3) is 2.66. The molecule has 2 heterocycles. The highest BCUT2D eigenvalue weighted by Crippen LogP contribution is 2.31. The molecule has 0 aliphatic carbocycles. The zero-order chi connectivity index (χ0) is 15.0. The van der Waals surface area contributed by atoms with Gasteiger partial charge in [0.1, 0.15) is 0 Å². The van der Waals surface area contributed by atoms with Crippen molar-refractivity contribution in [3.05, 3.63) is 50.7 Å². The molecule has 2 aromatic rings. The van der Waals surface area contributed by atoms with E-state index in [0.29, 0.717) is 15.8 Å². The minimum absolute atomic E-state index is 0.0871. The second-order valence-electron chi connectivity index (χ2n) is 4.81. The third-order valence-electron chi connectivity index (χ3n) is 3.47. The number of nitrogens with zero attached hydrogens (tertiary/aromatic N) is 1. The lowest BCUT2D eigenvalue weighted by Crippen LogP contribution is -2.35. The summed E-state index contributed by atoms with van der Waals surface area (Å²) in [4.78, 5) is 25.9. The summed E-state index contributed by atoms with van der Waals surface area (Å²) < 4.78 is 0.580. The van der Waals surface area contributed by atoms with E-state index in [-0.39, 0.29) is 11.5 Å². The number of hydrogen-bond acceptors (Lipinski definition) is 3. The first-order chi connectivity index (χ1) is 10.1. The van der Waals surface area contributed by atoms with Gasteiger partial charge in [-0.2, -0.15) is 0 Å². The number of carboxylic acid groups (broad SMARTS) is 1. The highest BCUT2D eigenvalue weighted by molar-refractivity contribution is 7.18. The Morgan fingerprint density at radius 3 is 2.71 bits per heavy atom. The fourth-order valence-electron chi connectivity index (χ4n) is 2.50. The van der Waals surface area contributed by atoms with Crippen LogP contribution in [0.15, 0.2) is 30.3 Å². The second-order valence-corrected chi connectivity index (χ2v) is 6.53. The van der Waals surface area contributed by atoms with Crippen molar-refractivity contribution in [1.82, 2.24) is 0 Å². The Labute approximate surface area is 130 Å². The number of carbonyl (C=O) groups excluding carboxylic acids is 1. The van der Waals surface area contributed by atoms with Gasteiger partial charge in [0.05, 0.1) is 14.8 Å². The minimum atomic E-state index is -0.953. The Morgan fingerprint density at radius 2 is 2.05 bits per heavy atom. The highest BCUT2D eigenvalue weighted by Gasteiger charge is 2.25. The van der Waals surface area contributed by atoms with E-state index < -0.39 is 5.97 Å². The number of fused-ring (bicyclic) bond motifs is 1. The van der Waals surface area contributed by atoms with E-state index in [1.807, 2.05) is 0 Å². The van der Waals surface area contributed by atoms with E-state index in [0.717, 1.165) is 24.1 Å². The van der Waals surface area contributed by atoms with Crippen LogP contribution in [0.1, 0.15) is 32.0 Å². The molecule has 108 valence electrons. The molecule has 0 atom stereocenters. The Bertz CT molecular complexity index is 725. The molecule has 3 rings (SSSR count). The van der Waals surface area contributed by atoms with Crippen LogP contribution in [-0.4, -0.2) is 23.5 Å². The molecular formula is C15H12ClNO3S. The molecule has 1 aliphatic heterocycles. The first-order valence-corrected chi connectivity index (χ1v) is 7.69. The number of carbonyl (C=O) groups is 2. The van der Waals surface area contributed by atoms with Crippen LogP contribution in [0.5, 0.6) is 0 Å². The van der Waals surface area contributed by atoms with E-state index in [1.165, 1.54) is 17.4 Å². The van der Waals surface area contributed by atoms with Crippen molar-refractivity contribution >= 4 is 40.5 Å². The summed E-state index contributed by atoms with van der Waals surface area (Å²) in [6.07, 6.45) is 1.60. The zero-order valence-corrected chi connectivity index (χ0v) is 12.6. The second kappa shape index (κ2) is 5.50. The van der Waals surface area contributed by atoms with Crippen molar-refractivity contribution in [3.63, 3.8) is 0 Å². The van der Waals surface area contributed by atoms with Crippen LogP contribution in [-0.2, 0) is 6.42 Å². The van der Waals surface area contributed by atoms with Crippen molar-refractivity contribution in [1.29, 1.82) is 0 Å². The quantitative estimate of drug-likeness (QED) is 0.917. The van der Waals surface area contributed by atoms with E-state index in [1.54, 1.807) is 29.2 Å². The van der Waals surface area contributed by atoms with Crippen LogP contribution in [0.4, 0.5) is 5.69 Å². The lowest BCUT2D eigenvalue weighted by atomic mass is 9.99. The van der Waals surface area contributed by atoms with Crippen molar-refractivity contribution in [2.45, 2.75) is 12.8 Å². The van der Waals surface area contributed by atoms with E-state index >= 15 is 0 Å². The van der Waals surface area contributed by atoms with Crippen molar-refractivity contribution in [3.8, 4) is 0 Å².